The van der Waals surface area contributed by atoms with E-state index in [1.165, 1.54) is 6.42 Å². The molecule has 1 amide bonds. The summed E-state index contributed by atoms with van der Waals surface area (Å²) in [4.78, 5) is 25.8. The van der Waals surface area contributed by atoms with Gasteiger partial charge in [-0.15, -0.1) is 11.3 Å². The number of hydrogen-bond acceptors (Lipinski definition) is 4. The van der Waals surface area contributed by atoms with Crippen molar-refractivity contribution < 1.29 is 14.3 Å². The summed E-state index contributed by atoms with van der Waals surface area (Å²) in [5.74, 6) is -0.115. The van der Waals surface area contributed by atoms with E-state index >= 15 is 0 Å². The average molecular weight is 309 g/mol. The number of rotatable bonds is 4. The second kappa shape index (κ2) is 7.07. The van der Waals surface area contributed by atoms with Crippen LogP contribution in [0.25, 0.3) is 0 Å². The Labute approximate surface area is 129 Å². The number of ether oxygens (including phenoxy) is 1. The maximum atomic E-state index is 11.9. The molecule has 1 aromatic rings. The first-order chi connectivity index (χ1) is 9.97. The van der Waals surface area contributed by atoms with Gasteiger partial charge < -0.3 is 10.1 Å². The minimum atomic E-state index is -0.413. The largest absolute Gasteiger partial charge is 0.452 e. The summed E-state index contributed by atoms with van der Waals surface area (Å²) in [5.41, 5.74) is 0.566. The molecule has 0 aliphatic heterocycles. The van der Waals surface area contributed by atoms with Gasteiger partial charge in [-0.25, -0.2) is 4.79 Å². The zero-order chi connectivity index (χ0) is 15.4. The van der Waals surface area contributed by atoms with Gasteiger partial charge in [0.25, 0.3) is 5.91 Å². The van der Waals surface area contributed by atoms with Crippen molar-refractivity contribution in [3.05, 3.63) is 21.4 Å². The Kier molecular flexibility index (Phi) is 5.39. The highest BCUT2D eigenvalue weighted by Crippen LogP contribution is 2.24. The van der Waals surface area contributed by atoms with Crippen molar-refractivity contribution in [2.24, 2.45) is 5.92 Å². The number of amides is 1. The van der Waals surface area contributed by atoms with Crippen molar-refractivity contribution in [2.75, 3.05) is 6.61 Å². The molecule has 0 spiro atoms. The van der Waals surface area contributed by atoms with E-state index in [1.807, 2.05) is 19.9 Å². The quantitative estimate of drug-likeness (QED) is 0.869. The first-order valence-corrected chi connectivity index (χ1v) is 8.32. The molecule has 1 aliphatic carbocycles. The maximum Gasteiger partial charge on any atom is 0.339 e. The molecule has 2 atom stereocenters. The number of carbonyl (C=O) groups is 2. The molecular weight excluding hydrogens is 286 g/mol. The molecule has 21 heavy (non-hydrogen) atoms. The van der Waals surface area contributed by atoms with E-state index in [4.69, 9.17) is 4.74 Å². The third kappa shape index (κ3) is 4.30. The van der Waals surface area contributed by atoms with Gasteiger partial charge in [-0.05, 0) is 38.7 Å². The van der Waals surface area contributed by atoms with E-state index < -0.39 is 5.97 Å². The van der Waals surface area contributed by atoms with E-state index in [-0.39, 0.29) is 18.6 Å². The minimum Gasteiger partial charge on any atom is -0.452 e. The summed E-state index contributed by atoms with van der Waals surface area (Å²) in [6, 6.07) is 2.03. The van der Waals surface area contributed by atoms with Crippen LogP contribution in [-0.2, 0) is 9.53 Å². The fraction of sp³-hybridized carbons (Fsp3) is 0.625. The van der Waals surface area contributed by atoms with Crippen molar-refractivity contribution in [3.8, 4) is 0 Å². The van der Waals surface area contributed by atoms with Gasteiger partial charge in [0.2, 0.25) is 0 Å². The van der Waals surface area contributed by atoms with Crippen LogP contribution in [0.15, 0.2) is 6.07 Å². The van der Waals surface area contributed by atoms with E-state index in [1.54, 1.807) is 11.3 Å². The number of carbonyl (C=O) groups excluding carboxylic acids is 2. The summed E-state index contributed by atoms with van der Waals surface area (Å²) in [7, 11) is 0. The fourth-order valence-electron chi connectivity index (χ4n) is 2.82. The van der Waals surface area contributed by atoms with Crippen LogP contribution in [0, 0.1) is 19.8 Å². The van der Waals surface area contributed by atoms with Crippen LogP contribution in [0.4, 0.5) is 0 Å². The lowest BCUT2D eigenvalue weighted by molar-refractivity contribution is -0.125. The molecule has 0 saturated heterocycles. The lowest BCUT2D eigenvalue weighted by Gasteiger charge is -2.29. The molecule has 4 nitrogen and oxygen atoms in total. The van der Waals surface area contributed by atoms with Crippen LogP contribution in [0.3, 0.4) is 0 Å². The van der Waals surface area contributed by atoms with E-state index in [0.29, 0.717) is 11.5 Å². The fourth-order valence-corrected chi connectivity index (χ4v) is 3.73. The minimum absolute atomic E-state index is 0.198. The van der Waals surface area contributed by atoms with Gasteiger partial charge in [0, 0.05) is 15.8 Å². The summed E-state index contributed by atoms with van der Waals surface area (Å²) < 4.78 is 5.12. The van der Waals surface area contributed by atoms with Crippen molar-refractivity contribution in [2.45, 2.75) is 52.5 Å². The SMILES string of the molecule is Cc1cc(C(=O)OCC(=O)N[C@H]2CCCC[C@@H]2C)c(C)s1. The smallest absolute Gasteiger partial charge is 0.339 e. The monoisotopic (exact) mass is 309 g/mol. The first-order valence-electron chi connectivity index (χ1n) is 7.51. The van der Waals surface area contributed by atoms with Crippen LogP contribution in [0.2, 0.25) is 0 Å². The lowest BCUT2D eigenvalue weighted by Crippen LogP contribution is -2.42. The number of nitrogens with one attached hydrogen (secondary N) is 1. The summed E-state index contributed by atoms with van der Waals surface area (Å²) in [5, 5.41) is 2.98. The molecule has 5 heteroatoms. The molecule has 1 N–H and O–H groups in total. The Morgan fingerprint density at radius 3 is 2.67 bits per heavy atom. The molecule has 1 saturated carbocycles. The highest BCUT2D eigenvalue weighted by atomic mass is 32.1. The van der Waals surface area contributed by atoms with Crippen molar-refractivity contribution in [1.29, 1.82) is 0 Å². The molecule has 0 bridgehead atoms. The molecule has 1 aromatic heterocycles. The van der Waals surface area contributed by atoms with Crippen LogP contribution in [0.1, 0.15) is 52.7 Å². The van der Waals surface area contributed by atoms with Gasteiger partial charge in [0.15, 0.2) is 6.61 Å². The van der Waals surface area contributed by atoms with Gasteiger partial charge in [0.1, 0.15) is 0 Å². The van der Waals surface area contributed by atoms with Gasteiger partial charge in [-0.1, -0.05) is 19.8 Å². The van der Waals surface area contributed by atoms with Gasteiger partial charge >= 0.3 is 5.97 Å². The zero-order valence-corrected chi connectivity index (χ0v) is 13.7. The summed E-state index contributed by atoms with van der Waals surface area (Å²) in [6.45, 7) is 5.80. The number of aryl methyl sites for hydroxylation is 2. The normalized spacial score (nSPS) is 21.9. The second-order valence-corrected chi connectivity index (χ2v) is 7.30. The molecule has 1 fully saturated rings. The predicted molar refractivity (Wildman–Crippen MR) is 83.6 cm³/mol. The van der Waals surface area contributed by atoms with Crippen LogP contribution >= 0.6 is 11.3 Å². The van der Waals surface area contributed by atoms with Gasteiger partial charge in [-0.2, -0.15) is 0 Å². The molecule has 1 heterocycles. The van der Waals surface area contributed by atoms with Gasteiger partial charge in [-0.3, -0.25) is 4.79 Å². The molecule has 2 rings (SSSR count). The molecule has 0 unspecified atom stereocenters. The highest BCUT2D eigenvalue weighted by molar-refractivity contribution is 7.12. The molecule has 1 aliphatic rings. The predicted octanol–water partition coefficient (Wildman–Crippen LogP) is 3.22. The summed E-state index contributed by atoms with van der Waals surface area (Å²) in [6.07, 6.45) is 4.56. The van der Waals surface area contributed by atoms with Gasteiger partial charge in [0.05, 0.1) is 5.56 Å². The molecule has 0 aromatic carbocycles. The Bertz CT molecular complexity index is 524. The summed E-state index contributed by atoms with van der Waals surface area (Å²) >= 11 is 1.56. The third-order valence-corrected chi connectivity index (χ3v) is 5.02. The standard InChI is InChI=1S/C16H23NO3S/c1-10-6-4-5-7-14(10)17-15(18)9-20-16(19)13-8-11(2)21-12(13)3/h8,10,14H,4-7,9H2,1-3H3,(H,17,18)/t10-,14-/m0/s1. The van der Waals surface area contributed by atoms with E-state index in [0.717, 1.165) is 29.0 Å². The maximum absolute atomic E-state index is 11.9. The third-order valence-electron chi connectivity index (χ3n) is 4.05. The molecular formula is C16H23NO3S. The Hall–Kier alpha value is -1.36. The number of thiophene rings is 1. The van der Waals surface area contributed by atoms with E-state index in [2.05, 4.69) is 12.2 Å². The Morgan fingerprint density at radius 2 is 2.05 bits per heavy atom. The van der Waals surface area contributed by atoms with Crippen LogP contribution < -0.4 is 5.32 Å². The van der Waals surface area contributed by atoms with Crippen LogP contribution in [-0.4, -0.2) is 24.5 Å². The first kappa shape index (κ1) is 16.0. The lowest BCUT2D eigenvalue weighted by atomic mass is 9.86. The van der Waals surface area contributed by atoms with Crippen molar-refractivity contribution >= 4 is 23.2 Å². The molecule has 0 radical (unpaired) electrons. The second-order valence-electron chi connectivity index (χ2n) is 5.84. The Balaban J connectivity index is 1.81. The topological polar surface area (TPSA) is 55.4 Å². The van der Waals surface area contributed by atoms with Crippen molar-refractivity contribution in [1.82, 2.24) is 5.32 Å². The highest BCUT2D eigenvalue weighted by Gasteiger charge is 2.23. The number of esters is 1. The zero-order valence-electron chi connectivity index (χ0n) is 12.9. The number of hydrogen-bond donors (Lipinski definition) is 1. The molecule has 116 valence electrons. The van der Waals surface area contributed by atoms with Crippen molar-refractivity contribution in [3.63, 3.8) is 0 Å². The van der Waals surface area contributed by atoms with E-state index in [9.17, 15) is 9.59 Å². The Morgan fingerprint density at radius 1 is 1.33 bits per heavy atom. The van der Waals surface area contributed by atoms with Crippen LogP contribution in [0.5, 0.6) is 0 Å². The average Bonchev–Trinajstić information content (AvgIpc) is 2.78.